The van der Waals surface area contributed by atoms with Gasteiger partial charge in [0.2, 0.25) is 11.0 Å². The second kappa shape index (κ2) is 8.63. The number of thioether (sulfide) groups is 1. The molecule has 0 saturated carbocycles. The summed E-state index contributed by atoms with van der Waals surface area (Å²) in [4.78, 5) is 12.1. The Morgan fingerprint density at radius 2 is 2.00 bits per heavy atom. The minimum atomic E-state index is -0.0536. The van der Waals surface area contributed by atoms with Gasteiger partial charge in [-0.25, -0.2) is 0 Å². The summed E-state index contributed by atoms with van der Waals surface area (Å²) in [5, 5.41) is 15.0. The van der Waals surface area contributed by atoms with E-state index in [0.29, 0.717) is 10.9 Å². The zero-order valence-corrected chi connectivity index (χ0v) is 17.1. The molecular formula is C17H15IN4OS2. The molecule has 25 heavy (non-hydrogen) atoms. The molecule has 0 aliphatic rings. The van der Waals surface area contributed by atoms with Crippen LogP contribution in [0.15, 0.2) is 52.9 Å². The SMILES string of the molecule is Cc1cc(I)ccc1NC(=O)CSc1nnc(Nc2ccccc2)s1. The number of aryl methyl sites for hydroxylation is 1. The number of aromatic nitrogens is 2. The van der Waals surface area contributed by atoms with Crippen molar-refractivity contribution in [3.8, 4) is 0 Å². The van der Waals surface area contributed by atoms with Crippen LogP contribution in [0.2, 0.25) is 0 Å². The van der Waals surface area contributed by atoms with E-state index in [0.717, 1.165) is 24.8 Å². The monoisotopic (exact) mass is 482 g/mol. The highest BCUT2D eigenvalue weighted by Crippen LogP contribution is 2.27. The van der Waals surface area contributed by atoms with Gasteiger partial charge in [0.25, 0.3) is 0 Å². The molecule has 0 aliphatic heterocycles. The van der Waals surface area contributed by atoms with Crippen LogP contribution in [0.5, 0.6) is 0 Å². The lowest BCUT2D eigenvalue weighted by Crippen LogP contribution is -2.14. The molecule has 3 rings (SSSR count). The molecule has 2 aromatic carbocycles. The average Bonchev–Trinajstić information content (AvgIpc) is 3.04. The molecule has 1 heterocycles. The van der Waals surface area contributed by atoms with Crippen LogP contribution in [-0.2, 0) is 4.79 Å². The van der Waals surface area contributed by atoms with Crippen LogP contribution in [0.3, 0.4) is 0 Å². The Hall–Kier alpha value is -1.65. The van der Waals surface area contributed by atoms with Gasteiger partial charge in [-0.3, -0.25) is 4.79 Å². The Balaban J connectivity index is 1.52. The minimum Gasteiger partial charge on any atom is -0.330 e. The zero-order chi connectivity index (χ0) is 17.6. The van der Waals surface area contributed by atoms with Crippen molar-refractivity contribution in [3.05, 3.63) is 57.7 Å². The molecule has 5 nitrogen and oxygen atoms in total. The van der Waals surface area contributed by atoms with Crippen LogP contribution in [0.25, 0.3) is 0 Å². The van der Waals surface area contributed by atoms with Gasteiger partial charge in [-0.15, -0.1) is 10.2 Å². The first-order valence-corrected chi connectivity index (χ1v) is 10.3. The third-order valence-corrected chi connectivity index (χ3v) is 5.86. The van der Waals surface area contributed by atoms with E-state index in [1.165, 1.54) is 23.1 Å². The minimum absolute atomic E-state index is 0.0536. The molecule has 0 unspecified atom stereocenters. The Morgan fingerprint density at radius 1 is 1.20 bits per heavy atom. The van der Waals surface area contributed by atoms with E-state index in [2.05, 4.69) is 43.4 Å². The van der Waals surface area contributed by atoms with Crippen molar-refractivity contribution < 1.29 is 4.79 Å². The number of benzene rings is 2. The molecule has 128 valence electrons. The summed E-state index contributed by atoms with van der Waals surface area (Å²) in [6.45, 7) is 1.98. The third kappa shape index (κ3) is 5.41. The third-order valence-electron chi connectivity index (χ3n) is 3.22. The number of amides is 1. The lowest BCUT2D eigenvalue weighted by molar-refractivity contribution is -0.113. The van der Waals surface area contributed by atoms with E-state index < -0.39 is 0 Å². The number of halogens is 1. The molecule has 0 fully saturated rings. The van der Waals surface area contributed by atoms with Crippen molar-refractivity contribution in [2.75, 3.05) is 16.4 Å². The molecule has 0 aliphatic carbocycles. The van der Waals surface area contributed by atoms with Gasteiger partial charge in [-0.05, 0) is 65.4 Å². The number of para-hydroxylation sites is 1. The van der Waals surface area contributed by atoms with E-state index in [-0.39, 0.29) is 5.91 Å². The fourth-order valence-electron chi connectivity index (χ4n) is 2.04. The largest absolute Gasteiger partial charge is 0.330 e. The molecule has 0 saturated heterocycles. The molecule has 1 amide bonds. The first-order chi connectivity index (χ1) is 12.1. The average molecular weight is 482 g/mol. The fourth-order valence-corrected chi connectivity index (χ4v) is 4.26. The smallest absolute Gasteiger partial charge is 0.234 e. The van der Waals surface area contributed by atoms with Gasteiger partial charge in [-0.2, -0.15) is 0 Å². The number of carbonyl (C=O) groups excluding carboxylic acids is 1. The van der Waals surface area contributed by atoms with Crippen LogP contribution in [0, 0.1) is 10.5 Å². The van der Waals surface area contributed by atoms with Crippen molar-refractivity contribution in [3.63, 3.8) is 0 Å². The Morgan fingerprint density at radius 3 is 2.76 bits per heavy atom. The summed E-state index contributed by atoms with van der Waals surface area (Å²) in [6.07, 6.45) is 0. The van der Waals surface area contributed by atoms with Gasteiger partial charge < -0.3 is 10.6 Å². The molecule has 0 radical (unpaired) electrons. The molecule has 0 atom stereocenters. The normalized spacial score (nSPS) is 10.5. The van der Waals surface area contributed by atoms with Crippen molar-refractivity contribution in [2.45, 2.75) is 11.3 Å². The van der Waals surface area contributed by atoms with Crippen molar-refractivity contribution in [1.82, 2.24) is 10.2 Å². The van der Waals surface area contributed by atoms with Gasteiger partial charge in [-0.1, -0.05) is 41.3 Å². The first kappa shape index (κ1) is 18.2. The molecule has 3 aromatic rings. The number of hydrogen-bond acceptors (Lipinski definition) is 6. The highest BCUT2D eigenvalue weighted by Gasteiger charge is 2.10. The topological polar surface area (TPSA) is 66.9 Å². The number of anilines is 3. The molecule has 0 spiro atoms. The molecule has 8 heteroatoms. The van der Waals surface area contributed by atoms with Crippen LogP contribution in [-0.4, -0.2) is 21.9 Å². The zero-order valence-electron chi connectivity index (χ0n) is 13.3. The van der Waals surface area contributed by atoms with E-state index in [1.54, 1.807) is 0 Å². The second-order valence-electron chi connectivity index (χ2n) is 5.16. The maximum Gasteiger partial charge on any atom is 0.234 e. The van der Waals surface area contributed by atoms with E-state index in [9.17, 15) is 4.79 Å². The van der Waals surface area contributed by atoms with Crippen molar-refractivity contribution >= 4 is 68.1 Å². The number of nitrogens with zero attached hydrogens (tertiary/aromatic N) is 2. The lowest BCUT2D eigenvalue weighted by Gasteiger charge is -2.07. The lowest BCUT2D eigenvalue weighted by atomic mass is 10.2. The van der Waals surface area contributed by atoms with Crippen LogP contribution < -0.4 is 10.6 Å². The van der Waals surface area contributed by atoms with Gasteiger partial charge in [0, 0.05) is 14.9 Å². The standard InChI is InChI=1S/C17H15IN4OS2/c1-11-9-12(18)7-8-14(11)20-15(23)10-24-17-22-21-16(25-17)19-13-5-3-2-4-6-13/h2-9H,10H2,1H3,(H,19,21)(H,20,23). The number of nitrogens with one attached hydrogen (secondary N) is 2. The predicted molar refractivity (Wildman–Crippen MR) is 113 cm³/mol. The number of carbonyl (C=O) groups is 1. The van der Waals surface area contributed by atoms with Gasteiger partial charge >= 0.3 is 0 Å². The van der Waals surface area contributed by atoms with Crippen LogP contribution in [0.4, 0.5) is 16.5 Å². The molecule has 1 aromatic heterocycles. The Labute approximate surface area is 167 Å². The fraction of sp³-hybridized carbons (Fsp3) is 0.118. The summed E-state index contributed by atoms with van der Waals surface area (Å²) >= 11 is 5.06. The first-order valence-electron chi connectivity index (χ1n) is 7.44. The van der Waals surface area contributed by atoms with Crippen LogP contribution in [0.1, 0.15) is 5.56 Å². The Kier molecular flexibility index (Phi) is 6.27. The van der Waals surface area contributed by atoms with Gasteiger partial charge in [0.15, 0.2) is 4.34 Å². The van der Waals surface area contributed by atoms with E-state index >= 15 is 0 Å². The van der Waals surface area contributed by atoms with Crippen molar-refractivity contribution in [2.24, 2.45) is 0 Å². The highest BCUT2D eigenvalue weighted by atomic mass is 127. The molecule has 0 bridgehead atoms. The second-order valence-corrected chi connectivity index (χ2v) is 8.61. The summed E-state index contributed by atoms with van der Waals surface area (Å²) in [5.74, 6) is 0.243. The van der Waals surface area contributed by atoms with Crippen LogP contribution >= 0.6 is 45.7 Å². The summed E-state index contributed by atoms with van der Waals surface area (Å²) < 4.78 is 1.91. The highest BCUT2D eigenvalue weighted by molar-refractivity contribution is 14.1. The molecule has 2 N–H and O–H groups in total. The maximum atomic E-state index is 12.1. The van der Waals surface area contributed by atoms with Gasteiger partial charge in [0.1, 0.15) is 0 Å². The van der Waals surface area contributed by atoms with Gasteiger partial charge in [0.05, 0.1) is 5.75 Å². The van der Waals surface area contributed by atoms with E-state index in [1.807, 2.05) is 55.5 Å². The Bertz CT molecular complexity index is 870. The molecular weight excluding hydrogens is 467 g/mol. The number of hydrogen-bond donors (Lipinski definition) is 2. The predicted octanol–water partition coefficient (Wildman–Crippen LogP) is 4.93. The summed E-state index contributed by atoms with van der Waals surface area (Å²) in [5.41, 5.74) is 2.85. The number of rotatable bonds is 6. The van der Waals surface area contributed by atoms with E-state index in [4.69, 9.17) is 0 Å². The summed E-state index contributed by atoms with van der Waals surface area (Å²) in [6, 6.07) is 15.7. The maximum absolute atomic E-state index is 12.1. The quantitative estimate of drug-likeness (QED) is 0.386. The van der Waals surface area contributed by atoms with Crippen molar-refractivity contribution in [1.29, 1.82) is 0 Å². The summed E-state index contributed by atoms with van der Waals surface area (Å²) in [7, 11) is 0.